The summed E-state index contributed by atoms with van der Waals surface area (Å²) in [6.45, 7) is 0. The Morgan fingerprint density at radius 3 is 2.59 bits per heavy atom. The van der Waals surface area contributed by atoms with E-state index in [9.17, 15) is 13.2 Å². The molecule has 2 rings (SSSR count). The molecule has 1 aromatic rings. The number of sulfonamides is 1. The molecule has 0 unspecified atom stereocenters. The Hall–Kier alpha value is -1.05. The maximum atomic E-state index is 12.2. The summed E-state index contributed by atoms with van der Waals surface area (Å²) in [6, 6.07) is 6.92. The van der Waals surface area contributed by atoms with Gasteiger partial charge in [0.05, 0.1) is 10.8 Å². The van der Waals surface area contributed by atoms with Crippen molar-refractivity contribution in [2.24, 2.45) is 0 Å². The fourth-order valence-electron chi connectivity index (χ4n) is 1.59. The van der Waals surface area contributed by atoms with Crippen LogP contribution in [0.15, 0.2) is 35.2 Å². The van der Waals surface area contributed by atoms with Crippen molar-refractivity contribution in [1.29, 1.82) is 0 Å². The Balaban J connectivity index is 2.37. The fourth-order valence-corrected chi connectivity index (χ4v) is 4.74. The van der Waals surface area contributed by atoms with E-state index < -0.39 is 22.0 Å². The zero-order valence-electron chi connectivity index (χ0n) is 8.81. The highest BCUT2D eigenvalue weighted by Gasteiger charge is 2.39. The minimum absolute atomic E-state index is 0.133. The van der Waals surface area contributed by atoms with Gasteiger partial charge in [-0.15, -0.1) is 11.8 Å². The number of carboxylic acids is 1. The van der Waals surface area contributed by atoms with E-state index >= 15 is 0 Å². The van der Waals surface area contributed by atoms with Gasteiger partial charge in [-0.1, -0.05) is 18.2 Å². The van der Waals surface area contributed by atoms with E-state index in [1.165, 1.54) is 23.9 Å². The molecule has 1 aromatic carbocycles. The minimum Gasteiger partial charge on any atom is -0.480 e. The SMILES string of the molecule is O=C(O)[C@@H]1CSCN1S(=O)(=O)c1ccccc1. The van der Waals surface area contributed by atoms with Crippen LogP contribution < -0.4 is 0 Å². The van der Waals surface area contributed by atoms with Gasteiger partial charge in [-0.3, -0.25) is 4.79 Å². The van der Waals surface area contributed by atoms with Gasteiger partial charge >= 0.3 is 5.97 Å². The molecule has 1 N–H and O–H groups in total. The molecule has 1 fully saturated rings. The van der Waals surface area contributed by atoms with E-state index in [1.54, 1.807) is 18.2 Å². The molecule has 17 heavy (non-hydrogen) atoms. The zero-order chi connectivity index (χ0) is 12.5. The smallest absolute Gasteiger partial charge is 0.322 e. The number of carboxylic acid groups (broad SMARTS) is 1. The number of hydrogen-bond acceptors (Lipinski definition) is 4. The number of carbonyl (C=O) groups is 1. The monoisotopic (exact) mass is 273 g/mol. The van der Waals surface area contributed by atoms with E-state index in [0.717, 1.165) is 4.31 Å². The first-order valence-corrected chi connectivity index (χ1v) is 7.50. The average molecular weight is 273 g/mol. The van der Waals surface area contributed by atoms with E-state index in [0.29, 0.717) is 5.75 Å². The largest absolute Gasteiger partial charge is 0.480 e. The predicted octanol–water partition coefficient (Wildman–Crippen LogP) is 0.835. The van der Waals surface area contributed by atoms with Gasteiger partial charge in [0.1, 0.15) is 6.04 Å². The molecule has 1 heterocycles. The third-order valence-electron chi connectivity index (χ3n) is 2.48. The molecule has 1 aliphatic rings. The van der Waals surface area contributed by atoms with Crippen molar-refractivity contribution in [3.05, 3.63) is 30.3 Å². The van der Waals surface area contributed by atoms with Crippen LogP contribution in [-0.4, -0.2) is 41.5 Å². The van der Waals surface area contributed by atoms with Gasteiger partial charge in [-0.2, -0.15) is 4.31 Å². The van der Waals surface area contributed by atoms with E-state index in [2.05, 4.69) is 0 Å². The number of rotatable bonds is 3. The van der Waals surface area contributed by atoms with Crippen LogP contribution in [-0.2, 0) is 14.8 Å². The molecule has 0 saturated carbocycles. The van der Waals surface area contributed by atoms with Gasteiger partial charge in [-0.05, 0) is 12.1 Å². The van der Waals surface area contributed by atoms with Crippen molar-refractivity contribution in [2.45, 2.75) is 10.9 Å². The lowest BCUT2D eigenvalue weighted by Crippen LogP contribution is -2.41. The topological polar surface area (TPSA) is 74.7 Å². The lowest BCUT2D eigenvalue weighted by atomic mass is 10.4. The van der Waals surface area contributed by atoms with E-state index in [-0.39, 0.29) is 10.8 Å². The van der Waals surface area contributed by atoms with Gasteiger partial charge in [0.15, 0.2) is 0 Å². The summed E-state index contributed by atoms with van der Waals surface area (Å²) in [6.07, 6.45) is 0. The number of benzene rings is 1. The van der Waals surface area contributed by atoms with E-state index in [4.69, 9.17) is 5.11 Å². The molecule has 7 heteroatoms. The van der Waals surface area contributed by atoms with Crippen LogP contribution in [0.25, 0.3) is 0 Å². The Morgan fingerprint density at radius 1 is 1.35 bits per heavy atom. The van der Waals surface area contributed by atoms with Crippen molar-refractivity contribution in [1.82, 2.24) is 4.31 Å². The molecule has 1 atom stereocenters. The summed E-state index contributed by atoms with van der Waals surface area (Å²) in [5.41, 5.74) is 0. The van der Waals surface area contributed by atoms with Crippen LogP contribution in [0.2, 0.25) is 0 Å². The Bertz CT molecular complexity index is 514. The van der Waals surface area contributed by atoms with Crippen molar-refractivity contribution in [3.8, 4) is 0 Å². The molecule has 0 amide bonds. The average Bonchev–Trinajstić information content (AvgIpc) is 2.80. The number of nitrogens with zero attached hydrogens (tertiary/aromatic N) is 1. The molecule has 1 aliphatic heterocycles. The summed E-state index contributed by atoms with van der Waals surface area (Å²) >= 11 is 1.31. The first-order valence-electron chi connectivity index (χ1n) is 4.91. The van der Waals surface area contributed by atoms with Crippen molar-refractivity contribution >= 4 is 27.8 Å². The number of hydrogen-bond donors (Lipinski definition) is 1. The predicted molar refractivity (Wildman–Crippen MR) is 64.2 cm³/mol. The van der Waals surface area contributed by atoms with Crippen LogP contribution in [0, 0.1) is 0 Å². The number of thioether (sulfide) groups is 1. The third-order valence-corrected chi connectivity index (χ3v) is 5.52. The lowest BCUT2D eigenvalue weighted by molar-refractivity contribution is -0.140. The molecular weight excluding hydrogens is 262 g/mol. The van der Waals surface area contributed by atoms with Crippen LogP contribution >= 0.6 is 11.8 Å². The molecule has 0 aliphatic carbocycles. The summed E-state index contributed by atoms with van der Waals surface area (Å²) in [5.74, 6) is -0.621. The maximum absolute atomic E-state index is 12.2. The van der Waals surface area contributed by atoms with Gasteiger partial charge in [0.25, 0.3) is 0 Å². The van der Waals surface area contributed by atoms with Crippen LogP contribution in [0.1, 0.15) is 0 Å². The first kappa shape index (κ1) is 12.4. The Labute approximate surface area is 103 Å². The highest BCUT2D eigenvalue weighted by molar-refractivity contribution is 8.00. The van der Waals surface area contributed by atoms with Gasteiger partial charge in [-0.25, -0.2) is 8.42 Å². The maximum Gasteiger partial charge on any atom is 0.322 e. The summed E-state index contributed by atoms with van der Waals surface area (Å²) < 4.78 is 25.4. The van der Waals surface area contributed by atoms with Crippen molar-refractivity contribution < 1.29 is 18.3 Å². The molecule has 0 spiro atoms. The second-order valence-corrected chi connectivity index (χ2v) is 6.45. The minimum atomic E-state index is -3.70. The molecular formula is C10H11NO4S2. The van der Waals surface area contributed by atoms with Gasteiger partial charge < -0.3 is 5.11 Å². The molecule has 0 bridgehead atoms. The Morgan fingerprint density at radius 2 is 2.00 bits per heavy atom. The summed E-state index contributed by atoms with van der Waals surface area (Å²) in [5, 5.41) is 8.97. The third kappa shape index (κ3) is 2.31. The van der Waals surface area contributed by atoms with Crippen LogP contribution in [0.4, 0.5) is 0 Å². The second kappa shape index (κ2) is 4.67. The molecule has 92 valence electrons. The normalized spacial score (nSPS) is 21.5. The molecule has 0 radical (unpaired) electrons. The lowest BCUT2D eigenvalue weighted by Gasteiger charge is -2.19. The highest BCUT2D eigenvalue weighted by atomic mass is 32.2. The fraction of sp³-hybridized carbons (Fsp3) is 0.300. The number of aliphatic carboxylic acids is 1. The van der Waals surface area contributed by atoms with Crippen LogP contribution in [0.3, 0.4) is 0 Å². The van der Waals surface area contributed by atoms with Gasteiger partial charge in [0, 0.05) is 5.75 Å². The van der Waals surface area contributed by atoms with E-state index in [1.807, 2.05) is 0 Å². The molecule has 1 saturated heterocycles. The quantitative estimate of drug-likeness (QED) is 0.883. The second-order valence-electron chi connectivity index (χ2n) is 3.56. The molecule has 0 aromatic heterocycles. The summed E-state index contributed by atoms with van der Waals surface area (Å²) in [7, 11) is -3.70. The zero-order valence-corrected chi connectivity index (χ0v) is 10.4. The summed E-state index contributed by atoms with van der Waals surface area (Å²) in [4.78, 5) is 11.1. The highest BCUT2D eigenvalue weighted by Crippen LogP contribution is 2.28. The van der Waals surface area contributed by atoms with Crippen LogP contribution in [0.5, 0.6) is 0 Å². The standard InChI is InChI=1S/C10H11NO4S2/c12-10(13)9-6-16-7-11(9)17(14,15)8-4-2-1-3-5-8/h1-5,9H,6-7H2,(H,12,13)/t9-/m0/s1. The Kier molecular flexibility index (Phi) is 3.41. The van der Waals surface area contributed by atoms with Crippen molar-refractivity contribution in [3.63, 3.8) is 0 Å². The van der Waals surface area contributed by atoms with Gasteiger partial charge in [0.2, 0.25) is 10.0 Å². The van der Waals surface area contributed by atoms with Crippen molar-refractivity contribution in [2.75, 3.05) is 11.6 Å². The first-order chi connectivity index (χ1) is 8.03. The molecule has 5 nitrogen and oxygen atoms in total.